The average Bonchev–Trinajstić information content (AvgIpc) is 3.46. The Bertz CT molecular complexity index is 1070. The molecule has 4 nitrogen and oxygen atoms in total. The quantitative estimate of drug-likeness (QED) is 0.390. The lowest BCUT2D eigenvalue weighted by Crippen LogP contribution is -2.30. The topological polar surface area (TPSA) is 54.9 Å². The summed E-state index contributed by atoms with van der Waals surface area (Å²) in [6, 6.07) is 18.2. The van der Waals surface area contributed by atoms with Gasteiger partial charge in [-0.2, -0.15) is 0 Å². The van der Waals surface area contributed by atoms with E-state index in [1.807, 2.05) is 35.0 Å². The summed E-state index contributed by atoms with van der Waals surface area (Å²) in [7, 11) is 0. The van der Waals surface area contributed by atoms with Crippen LogP contribution < -0.4 is 5.32 Å². The molecule has 0 spiro atoms. The average molecular weight is 434 g/mol. The molecule has 3 aromatic heterocycles. The first-order valence-electron chi connectivity index (χ1n) is 10.0. The first-order valence-corrected chi connectivity index (χ1v) is 11.8. The molecule has 0 aliphatic rings. The van der Waals surface area contributed by atoms with E-state index in [9.17, 15) is 4.79 Å². The molecule has 4 aromatic rings. The molecular formula is C24H23N3OS2. The van der Waals surface area contributed by atoms with Crippen molar-refractivity contribution in [2.45, 2.75) is 32.2 Å². The monoisotopic (exact) mass is 433 g/mol. The maximum absolute atomic E-state index is 12.8. The number of pyridine rings is 1. The zero-order valence-corrected chi connectivity index (χ0v) is 18.4. The maximum atomic E-state index is 12.8. The Morgan fingerprint density at radius 3 is 2.63 bits per heavy atom. The lowest BCUT2D eigenvalue weighted by molar-refractivity contribution is -0.120. The van der Waals surface area contributed by atoms with Crippen LogP contribution in [-0.4, -0.2) is 15.9 Å². The van der Waals surface area contributed by atoms with Crippen LogP contribution in [0.2, 0.25) is 0 Å². The number of thiazole rings is 1. The van der Waals surface area contributed by atoms with Gasteiger partial charge < -0.3 is 5.32 Å². The van der Waals surface area contributed by atoms with Gasteiger partial charge in [0, 0.05) is 16.5 Å². The van der Waals surface area contributed by atoms with Gasteiger partial charge in [-0.25, -0.2) is 4.98 Å². The van der Waals surface area contributed by atoms with Crippen molar-refractivity contribution >= 4 is 28.6 Å². The van der Waals surface area contributed by atoms with Crippen molar-refractivity contribution in [2.75, 3.05) is 0 Å². The molecule has 1 aromatic carbocycles. The molecule has 0 fully saturated rings. The van der Waals surface area contributed by atoms with E-state index >= 15 is 0 Å². The molecule has 0 aliphatic heterocycles. The summed E-state index contributed by atoms with van der Waals surface area (Å²) in [5, 5.41) is 8.01. The predicted octanol–water partition coefficient (Wildman–Crippen LogP) is 5.67. The molecule has 6 heteroatoms. The molecule has 0 bridgehead atoms. The molecule has 0 aliphatic carbocycles. The van der Waals surface area contributed by atoms with E-state index in [0.717, 1.165) is 39.7 Å². The molecule has 0 saturated heterocycles. The van der Waals surface area contributed by atoms with Crippen LogP contribution in [-0.2, 0) is 17.6 Å². The Labute approximate surface area is 184 Å². The van der Waals surface area contributed by atoms with Crippen molar-refractivity contribution in [1.82, 2.24) is 15.3 Å². The Balaban J connectivity index is 1.48. The SMILES string of the molecule is CCCc1ccc(C(NC(=O)Cc2csc(-c3ccccn3)n2)c2cccs2)cc1. The fraction of sp³-hybridized carbons (Fsp3) is 0.208. The molecule has 3 heterocycles. The molecule has 1 N–H and O–H groups in total. The van der Waals surface area contributed by atoms with E-state index < -0.39 is 0 Å². The summed E-state index contributed by atoms with van der Waals surface area (Å²) in [6.45, 7) is 2.18. The summed E-state index contributed by atoms with van der Waals surface area (Å²) < 4.78 is 0. The van der Waals surface area contributed by atoms with Gasteiger partial charge in [-0.3, -0.25) is 9.78 Å². The van der Waals surface area contributed by atoms with Gasteiger partial charge >= 0.3 is 0 Å². The van der Waals surface area contributed by atoms with E-state index in [1.54, 1.807) is 17.5 Å². The van der Waals surface area contributed by atoms with Crippen LogP contribution in [0.15, 0.2) is 71.6 Å². The van der Waals surface area contributed by atoms with Crippen LogP contribution in [0.3, 0.4) is 0 Å². The highest BCUT2D eigenvalue weighted by Gasteiger charge is 2.19. The lowest BCUT2D eigenvalue weighted by Gasteiger charge is -2.18. The van der Waals surface area contributed by atoms with E-state index in [2.05, 4.69) is 52.5 Å². The fourth-order valence-corrected chi connectivity index (χ4v) is 4.91. The number of amides is 1. The number of nitrogens with zero attached hydrogens (tertiary/aromatic N) is 2. The smallest absolute Gasteiger partial charge is 0.226 e. The third kappa shape index (κ3) is 5.01. The zero-order chi connectivity index (χ0) is 20.8. The van der Waals surface area contributed by atoms with Gasteiger partial charge in [0.05, 0.1) is 23.9 Å². The van der Waals surface area contributed by atoms with Gasteiger partial charge in [-0.1, -0.05) is 49.7 Å². The Hall–Kier alpha value is -2.83. The molecule has 4 rings (SSSR count). The third-order valence-corrected chi connectivity index (χ3v) is 6.61. The summed E-state index contributed by atoms with van der Waals surface area (Å²) in [5.74, 6) is -0.0381. The van der Waals surface area contributed by atoms with Crippen LogP contribution in [0.5, 0.6) is 0 Å². The van der Waals surface area contributed by atoms with Crippen molar-refractivity contribution in [3.63, 3.8) is 0 Å². The van der Waals surface area contributed by atoms with Crippen LogP contribution in [0.4, 0.5) is 0 Å². The minimum Gasteiger partial charge on any atom is -0.344 e. The van der Waals surface area contributed by atoms with Crippen molar-refractivity contribution in [1.29, 1.82) is 0 Å². The van der Waals surface area contributed by atoms with Crippen LogP contribution in [0.1, 0.15) is 41.1 Å². The first kappa shape index (κ1) is 20.4. The molecule has 1 amide bonds. The number of aryl methyl sites for hydroxylation is 1. The van der Waals surface area contributed by atoms with Crippen LogP contribution >= 0.6 is 22.7 Å². The number of carbonyl (C=O) groups is 1. The highest BCUT2D eigenvalue weighted by Crippen LogP contribution is 2.27. The number of carbonyl (C=O) groups excluding carboxylic acids is 1. The van der Waals surface area contributed by atoms with Crippen molar-refractivity contribution in [3.05, 3.63) is 93.3 Å². The van der Waals surface area contributed by atoms with Gasteiger partial charge in [0.1, 0.15) is 5.01 Å². The first-order chi connectivity index (χ1) is 14.7. The third-order valence-electron chi connectivity index (χ3n) is 4.76. The van der Waals surface area contributed by atoms with E-state index in [-0.39, 0.29) is 18.4 Å². The second kappa shape index (κ2) is 9.78. The largest absolute Gasteiger partial charge is 0.344 e. The van der Waals surface area contributed by atoms with Gasteiger partial charge in [-0.15, -0.1) is 22.7 Å². The number of nitrogens with one attached hydrogen (secondary N) is 1. The van der Waals surface area contributed by atoms with Crippen LogP contribution in [0, 0.1) is 0 Å². The highest BCUT2D eigenvalue weighted by atomic mass is 32.1. The second-order valence-corrected chi connectivity index (χ2v) is 8.88. The Morgan fingerprint density at radius 2 is 1.93 bits per heavy atom. The summed E-state index contributed by atoms with van der Waals surface area (Å²) in [4.78, 5) is 22.9. The molecule has 0 radical (unpaired) electrons. The van der Waals surface area contributed by atoms with E-state index in [1.165, 1.54) is 16.9 Å². The number of hydrogen-bond donors (Lipinski definition) is 1. The maximum Gasteiger partial charge on any atom is 0.226 e. The molecule has 1 unspecified atom stereocenters. The van der Waals surface area contributed by atoms with Crippen LogP contribution in [0.25, 0.3) is 10.7 Å². The lowest BCUT2D eigenvalue weighted by atomic mass is 10.0. The number of thiophene rings is 1. The predicted molar refractivity (Wildman–Crippen MR) is 124 cm³/mol. The number of hydrogen-bond acceptors (Lipinski definition) is 5. The minimum atomic E-state index is -0.151. The standard InChI is InChI=1S/C24H23N3OS2/c1-2-6-17-9-11-18(12-10-17)23(21-8-5-14-29-21)27-22(28)15-19-16-30-24(26-19)20-7-3-4-13-25-20/h3-5,7-14,16,23H,2,6,15H2,1H3,(H,27,28). The fourth-order valence-electron chi connectivity index (χ4n) is 3.31. The molecule has 152 valence electrons. The van der Waals surface area contributed by atoms with Crippen molar-refractivity contribution < 1.29 is 4.79 Å². The Morgan fingerprint density at radius 1 is 1.07 bits per heavy atom. The normalized spacial score (nSPS) is 11.9. The number of aromatic nitrogens is 2. The Kier molecular flexibility index (Phi) is 6.67. The summed E-state index contributed by atoms with van der Waals surface area (Å²) in [5.41, 5.74) is 4.01. The minimum absolute atomic E-state index is 0.0381. The van der Waals surface area contributed by atoms with Crippen molar-refractivity contribution in [3.8, 4) is 10.7 Å². The number of benzene rings is 1. The number of rotatable bonds is 8. The van der Waals surface area contributed by atoms with E-state index in [0.29, 0.717) is 0 Å². The van der Waals surface area contributed by atoms with Crippen molar-refractivity contribution in [2.24, 2.45) is 0 Å². The summed E-state index contributed by atoms with van der Waals surface area (Å²) in [6.07, 6.45) is 4.19. The molecular weight excluding hydrogens is 410 g/mol. The summed E-state index contributed by atoms with van der Waals surface area (Å²) >= 11 is 3.17. The zero-order valence-electron chi connectivity index (χ0n) is 16.7. The van der Waals surface area contributed by atoms with Gasteiger partial charge in [-0.05, 0) is 41.1 Å². The van der Waals surface area contributed by atoms with Gasteiger partial charge in [0.25, 0.3) is 0 Å². The molecule has 0 saturated carbocycles. The van der Waals surface area contributed by atoms with E-state index in [4.69, 9.17) is 0 Å². The molecule has 1 atom stereocenters. The van der Waals surface area contributed by atoms with Gasteiger partial charge in [0.2, 0.25) is 5.91 Å². The second-order valence-electron chi connectivity index (χ2n) is 7.04. The highest BCUT2D eigenvalue weighted by molar-refractivity contribution is 7.13. The van der Waals surface area contributed by atoms with Gasteiger partial charge in [0.15, 0.2) is 0 Å². The molecule has 30 heavy (non-hydrogen) atoms.